The number of nitrogens with one attached hydrogen (secondary N) is 2. The minimum atomic E-state index is -0.193. The van der Waals surface area contributed by atoms with E-state index in [4.69, 9.17) is 4.42 Å². The number of fused-ring (bicyclic) bond motifs is 1. The van der Waals surface area contributed by atoms with E-state index in [1.807, 2.05) is 45.0 Å². The Balaban J connectivity index is 1.59. The third-order valence-corrected chi connectivity index (χ3v) is 5.70. The monoisotopic (exact) mass is 422 g/mol. The number of carbonyl (C=O) groups excluding carboxylic acids is 1. The van der Waals surface area contributed by atoms with Gasteiger partial charge in [0, 0.05) is 11.4 Å². The Morgan fingerprint density at radius 3 is 2.80 bits per heavy atom. The molecule has 0 fully saturated rings. The number of hydrogen-bond acceptors (Lipinski definition) is 5. The molecule has 0 spiro atoms. The molecule has 154 valence electrons. The first-order valence-electron chi connectivity index (χ1n) is 9.53. The minimum Gasteiger partial charge on any atom is -0.467 e. The molecule has 0 atom stereocenters. The largest absolute Gasteiger partial charge is 0.467 e. The van der Waals surface area contributed by atoms with Crippen molar-refractivity contribution in [2.24, 2.45) is 0 Å². The Bertz CT molecular complexity index is 1270. The van der Waals surface area contributed by atoms with Crippen LogP contribution in [0.2, 0.25) is 0 Å². The number of aromatic nitrogens is 3. The molecular formula is C22H22N4O3S. The van der Waals surface area contributed by atoms with Gasteiger partial charge in [0.2, 0.25) is 5.91 Å². The Morgan fingerprint density at radius 1 is 1.23 bits per heavy atom. The van der Waals surface area contributed by atoms with E-state index in [0.717, 1.165) is 22.5 Å². The second-order valence-corrected chi connectivity index (χ2v) is 8.18. The van der Waals surface area contributed by atoms with Gasteiger partial charge < -0.3 is 14.7 Å². The quantitative estimate of drug-likeness (QED) is 0.362. The summed E-state index contributed by atoms with van der Waals surface area (Å²) >= 11 is 1.23. The van der Waals surface area contributed by atoms with Crippen LogP contribution in [0.3, 0.4) is 0 Å². The Kier molecular flexibility index (Phi) is 5.50. The molecular weight excluding hydrogens is 400 g/mol. The van der Waals surface area contributed by atoms with Gasteiger partial charge in [-0.1, -0.05) is 29.5 Å². The molecule has 0 aliphatic rings. The SMILES string of the molecule is Cc1ccc(NC(=O)CSc2nc3cc(C)[nH]c3c(=O)n2Cc2ccco2)c(C)c1. The maximum Gasteiger partial charge on any atom is 0.278 e. The molecule has 8 heteroatoms. The average Bonchev–Trinajstić information content (AvgIpc) is 3.34. The first-order valence-corrected chi connectivity index (χ1v) is 10.5. The molecule has 4 rings (SSSR count). The van der Waals surface area contributed by atoms with Crippen molar-refractivity contribution in [1.29, 1.82) is 0 Å². The zero-order valence-corrected chi connectivity index (χ0v) is 17.8. The molecule has 7 nitrogen and oxygen atoms in total. The molecule has 0 unspecified atom stereocenters. The fourth-order valence-corrected chi connectivity index (χ4v) is 4.09. The van der Waals surface area contributed by atoms with Crippen LogP contribution in [0.1, 0.15) is 22.6 Å². The summed E-state index contributed by atoms with van der Waals surface area (Å²) in [4.78, 5) is 33.3. The summed E-state index contributed by atoms with van der Waals surface area (Å²) in [5, 5.41) is 3.40. The number of H-pyrrole nitrogens is 1. The van der Waals surface area contributed by atoms with Gasteiger partial charge in [-0.25, -0.2) is 4.98 Å². The van der Waals surface area contributed by atoms with Crippen LogP contribution in [-0.4, -0.2) is 26.2 Å². The van der Waals surface area contributed by atoms with Crippen molar-refractivity contribution >= 4 is 34.4 Å². The summed E-state index contributed by atoms with van der Waals surface area (Å²) in [7, 11) is 0. The lowest BCUT2D eigenvalue weighted by atomic mass is 10.1. The molecule has 30 heavy (non-hydrogen) atoms. The zero-order chi connectivity index (χ0) is 21.3. The first-order chi connectivity index (χ1) is 14.4. The number of rotatable bonds is 6. The summed E-state index contributed by atoms with van der Waals surface area (Å²) in [6, 6.07) is 11.3. The van der Waals surface area contributed by atoms with E-state index in [1.54, 1.807) is 18.4 Å². The number of aryl methyl sites for hydroxylation is 3. The van der Waals surface area contributed by atoms with Gasteiger partial charge in [-0.15, -0.1) is 0 Å². The van der Waals surface area contributed by atoms with Crippen molar-refractivity contribution in [3.05, 3.63) is 75.6 Å². The molecule has 0 bridgehead atoms. The highest BCUT2D eigenvalue weighted by molar-refractivity contribution is 7.99. The predicted molar refractivity (Wildman–Crippen MR) is 118 cm³/mol. The van der Waals surface area contributed by atoms with Gasteiger partial charge in [-0.05, 0) is 50.6 Å². The molecule has 0 saturated heterocycles. The molecule has 0 saturated carbocycles. The van der Waals surface area contributed by atoms with E-state index in [1.165, 1.54) is 16.3 Å². The summed E-state index contributed by atoms with van der Waals surface area (Å²) in [6.45, 7) is 6.09. The van der Waals surface area contributed by atoms with Crippen LogP contribution in [0.15, 0.2) is 57.0 Å². The van der Waals surface area contributed by atoms with Crippen molar-refractivity contribution < 1.29 is 9.21 Å². The summed E-state index contributed by atoms with van der Waals surface area (Å²) in [6.07, 6.45) is 1.56. The van der Waals surface area contributed by atoms with E-state index >= 15 is 0 Å². The highest BCUT2D eigenvalue weighted by Gasteiger charge is 2.16. The number of anilines is 1. The maximum atomic E-state index is 13.0. The number of carbonyl (C=O) groups is 1. The van der Waals surface area contributed by atoms with Gasteiger partial charge in [0.05, 0.1) is 24.1 Å². The zero-order valence-electron chi connectivity index (χ0n) is 17.0. The third kappa shape index (κ3) is 4.18. The number of amides is 1. The van der Waals surface area contributed by atoms with Gasteiger partial charge in [0.15, 0.2) is 5.16 Å². The smallest absolute Gasteiger partial charge is 0.278 e. The van der Waals surface area contributed by atoms with E-state index in [9.17, 15) is 9.59 Å². The average molecular weight is 423 g/mol. The number of benzene rings is 1. The Labute approximate surface area is 177 Å². The van der Waals surface area contributed by atoms with Crippen LogP contribution in [0.5, 0.6) is 0 Å². The molecule has 4 aromatic rings. The molecule has 3 aromatic heterocycles. The van der Waals surface area contributed by atoms with E-state index in [0.29, 0.717) is 22.0 Å². The molecule has 2 N–H and O–H groups in total. The maximum absolute atomic E-state index is 13.0. The summed E-state index contributed by atoms with van der Waals surface area (Å²) in [5.41, 5.74) is 4.62. The van der Waals surface area contributed by atoms with Crippen molar-refractivity contribution in [2.45, 2.75) is 32.5 Å². The van der Waals surface area contributed by atoms with E-state index in [-0.39, 0.29) is 23.8 Å². The number of thioether (sulfide) groups is 1. The van der Waals surface area contributed by atoms with Gasteiger partial charge in [-0.2, -0.15) is 0 Å². The van der Waals surface area contributed by atoms with Crippen LogP contribution in [0, 0.1) is 20.8 Å². The Morgan fingerprint density at radius 2 is 2.07 bits per heavy atom. The summed E-state index contributed by atoms with van der Waals surface area (Å²) in [5.74, 6) is 0.617. The van der Waals surface area contributed by atoms with Crippen molar-refractivity contribution in [3.8, 4) is 0 Å². The lowest BCUT2D eigenvalue weighted by Crippen LogP contribution is -2.24. The highest BCUT2D eigenvalue weighted by atomic mass is 32.2. The van der Waals surface area contributed by atoms with Crippen LogP contribution >= 0.6 is 11.8 Å². The van der Waals surface area contributed by atoms with Crippen LogP contribution < -0.4 is 10.9 Å². The predicted octanol–water partition coefficient (Wildman–Crippen LogP) is 4.02. The van der Waals surface area contributed by atoms with Crippen molar-refractivity contribution in [3.63, 3.8) is 0 Å². The molecule has 0 radical (unpaired) electrons. The lowest BCUT2D eigenvalue weighted by molar-refractivity contribution is -0.113. The fraction of sp³-hybridized carbons (Fsp3) is 0.227. The topological polar surface area (TPSA) is 92.9 Å². The number of nitrogens with zero attached hydrogens (tertiary/aromatic N) is 2. The number of aromatic amines is 1. The van der Waals surface area contributed by atoms with Gasteiger partial charge in [0.25, 0.3) is 5.56 Å². The second kappa shape index (κ2) is 8.23. The van der Waals surface area contributed by atoms with E-state index in [2.05, 4.69) is 15.3 Å². The van der Waals surface area contributed by atoms with Crippen molar-refractivity contribution in [1.82, 2.24) is 14.5 Å². The minimum absolute atomic E-state index is 0.132. The third-order valence-electron chi connectivity index (χ3n) is 4.72. The van der Waals surface area contributed by atoms with Gasteiger partial charge in [0.1, 0.15) is 11.3 Å². The molecule has 1 aromatic carbocycles. The van der Waals surface area contributed by atoms with Gasteiger partial charge >= 0.3 is 0 Å². The van der Waals surface area contributed by atoms with Gasteiger partial charge in [-0.3, -0.25) is 14.2 Å². The van der Waals surface area contributed by atoms with Crippen molar-refractivity contribution in [2.75, 3.05) is 11.1 Å². The summed E-state index contributed by atoms with van der Waals surface area (Å²) < 4.78 is 6.94. The highest BCUT2D eigenvalue weighted by Crippen LogP contribution is 2.21. The Hall–Kier alpha value is -3.26. The number of hydrogen-bond donors (Lipinski definition) is 2. The first kappa shape index (κ1) is 20.0. The molecule has 1 amide bonds. The standard InChI is InChI=1S/C22H22N4O3S/c1-13-6-7-17(14(2)9-13)24-19(27)12-30-22-25-18-10-15(3)23-20(18)21(28)26(22)11-16-5-4-8-29-16/h4-10,23H,11-12H2,1-3H3,(H,24,27). The normalized spacial score (nSPS) is 11.2. The fourth-order valence-electron chi connectivity index (χ4n) is 3.29. The van der Waals surface area contributed by atoms with Crippen LogP contribution in [-0.2, 0) is 11.3 Å². The lowest BCUT2D eigenvalue weighted by Gasteiger charge is -2.12. The van der Waals surface area contributed by atoms with Crippen LogP contribution in [0.25, 0.3) is 11.0 Å². The van der Waals surface area contributed by atoms with Crippen LogP contribution in [0.4, 0.5) is 5.69 Å². The number of furan rings is 1. The second-order valence-electron chi connectivity index (χ2n) is 7.23. The molecule has 0 aliphatic carbocycles. The molecule has 0 aliphatic heterocycles. The molecule has 3 heterocycles. The van der Waals surface area contributed by atoms with E-state index < -0.39 is 0 Å².